The van der Waals surface area contributed by atoms with Crippen molar-refractivity contribution in [3.63, 3.8) is 0 Å². The second kappa shape index (κ2) is 8.57. The third kappa shape index (κ3) is 4.67. The number of hydrogen-bond acceptors (Lipinski definition) is 4. The van der Waals surface area contributed by atoms with E-state index in [9.17, 15) is 17.6 Å². The number of nitrogens with one attached hydrogen (secondary N) is 2. The topological polar surface area (TPSA) is 62.8 Å². The second-order valence-corrected chi connectivity index (χ2v) is 7.59. The number of methoxy groups -OCH3 is 1. The lowest BCUT2D eigenvalue weighted by atomic mass is 9.97. The summed E-state index contributed by atoms with van der Waals surface area (Å²) < 4.78 is 58.2. The van der Waals surface area contributed by atoms with E-state index in [-0.39, 0.29) is 11.5 Å². The highest BCUT2D eigenvalue weighted by Crippen LogP contribution is 2.36. The Balaban J connectivity index is 1.51. The van der Waals surface area contributed by atoms with Gasteiger partial charge in [0, 0.05) is 30.1 Å². The largest absolute Gasteiger partial charge is 0.481 e. The highest BCUT2D eigenvalue weighted by atomic mass is 19.4. The molecule has 3 aromatic heterocycles. The average molecular weight is 456 g/mol. The van der Waals surface area contributed by atoms with E-state index in [2.05, 4.69) is 26.8 Å². The van der Waals surface area contributed by atoms with Crippen LogP contribution < -0.4 is 10.1 Å². The van der Waals surface area contributed by atoms with E-state index < -0.39 is 17.6 Å². The Hall–Kier alpha value is -3.88. The van der Waals surface area contributed by atoms with Crippen molar-refractivity contribution in [1.82, 2.24) is 15.0 Å². The lowest BCUT2D eigenvalue weighted by Gasteiger charge is -2.15. The van der Waals surface area contributed by atoms with E-state index >= 15 is 0 Å². The van der Waals surface area contributed by atoms with Crippen molar-refractivity contribution in [1.29, 1.82) is 0 Å². The number of ether oxygens (including phenoxy) is 1. The summed E-state index contributed by atoms with van der Waals surface area (Å²) in [6.07, 6.45) is 0.00228. The molecule has 0 aliphatic heterocycles. The molecule has 0 spiro atoms. The molecule has 170 valence electrons. The summed E-state index contributed by atoms with van der Waals surface area (Å²) in [7, 11) is 1.14. The van der Waals surface area contributed by atoms with E-state index in [0.717, 1.165) is 35.4 Å². The first-order chi connectivity index (χ1) is 15.7. The summed E-state index contributed by atoms with van der Waals surface area (Å²) in [5, 5.41) is 3.29. The van der Waals surface area contributed by atoms with Crippen LogP contribution in [0.25, 0.3) is 22.2 Å². The molecular weight excluding hydrogens is 436 g/mol. The van der Waals surface area contributed by atoms with Gasteiger partial charge in [-0.3, -0.25) is 0 Å². The van der Waals surface area contributed by atoms with Crippen molar-refractivity contribution in [3.8, 4) is 17.0 Å². The van der Waals surface area contributed by atoms with Crippen molar-refractivity contribution in [3.05, 3.63) is 83.7 Å². The fourth-order valence-corrected chi connectivity index (χ4v) is 3.66. The van der Waals surface area contributed by atoms with Crippen molar-refractivity contribution < 1.29 is 22.3 Å². The van der Waals surface area contributed by atoms with Gasteiger partial charge in [0.05, 0.1) is 24.4 Å². The third-order valence-electron chi connectivity index (χ3n) is 5.17. The highest BCUT2D eigenvalue weighted by molar-refractivity contribution is 5.82. The van der Waals surface area contributed by atoms with Crippen LogP contribution in [0.15, 0.2) is 61.2 Å². The number of rotatable bonds is 6. The number of benzene rings is 1. The van der Waals surface area contributed by atoms with Gasteiger partial charge < -0.3 is 15.0 Å². The molecule has 3 heterocycles. The number of anilines is 1. The quantitative estimate of drug-likeness (QED) is 0.336. The van der Waals surface area contributed by atoms with E-state index in [4.69, 9.17) is 4.74 Å². The van der Waals surface area contributed by atoms with Gasteiger partial charge in [-0.05, 0) is 35.7 Å². The average Bonchev–Trinajstić information content (AvgIpc) is 3.13. The van der Waals surface area contributed by atoms with Crippen LogP contribution in [-0.4, -0.2) is 22.1 Å². The molecular formula is C24H20F4N4O. The number of H-pyrrole nitrogens is 1. The smallest absolute Gasteiger partial charge is 0.421 e. The predicted molar refractivity (Wildman–Crippen MR) is 118 cm³/mol. The Morgan fingerprint density at radius 2 is 1.94 bits per heavy atom. The molecule has 0 fully saturated rings. The first kappa shape index (κ1) is 22.3. The van der Waals surface area contributed by atoms with Crippen LogP contribution in [0.4, 0.5) is 23.2 Å². The highest BCUT2D eigenvalue weighted by Gasteiger charge is 2.35. The van der Waals surface area contributed by atoms with Crippen LogP contribution >= 0.6 is 0 Å². The maximum Gasteiger partial charge on any atom is 0.421 e. The number of aryl methyl sites for hydroxylation is 1. The zero-order valence-corrected chi connectivity index (χ0v) is 17.8. The van der Waals surface area contributed by atoms with Crippen LogP contribution in [-0.2, 0) is 12.6 Å². The van der Waals surface area contributed by atoms with Crippen LogP contribution in [0.1, 0.15) is 16.7 Å². The number of fused-ring (bicyclic) bond motifs is 1. The number of halogens is 4. The van der Waals surface area contributed by atoms with Crippen molar-refractivity contribution >= 4 is 16.7 Å². The number of aromatic nitrogens is 3. The number of nitrogens with zero attached hydrogens (tertiary/aromatic N) is 2. The Morgan fingerprint density at radius 3 is 2.64 bits per heavy atom. The van der Waals surface area contributed by atoms with Gasteiger partial charge in [-0.15, -0.1) is 0 Å². The Kier molecular flexibility index (Phi) is 5.80. The predicted octanol–water partition coefficient (Wildman–Crippen LogP) is 6.27. The SMILES string of the molecule is C=C(Cc1ccc(-c2cnc3[nH]cc(F)c3c2)c(C)c1)Nc1cnc(OC)c(C(F)(F)F)c1. The molecule has 0 unspecified atom stereocenters. The Labute approximate surface area is 187 Å². The van der Waals surface area contributed by atoms with Crippen LogP contribution in [0, 0.1) is 12.7 Å². The van der Waals surface area contributed by atoms with Crippen LogP contribution in [0.2, 0.25) is 0 Å². The fraction of sp³-hybridized carbons (Fsp3) is 0.167. The lowest BCUT2D eigenvalue weighted by molar-refractivity contribution is -0.139. The monoisotopic (exact) mass is 456 g/mol. The molecule has 4 aromatic rings. The summed E-state index contributed by atoms with van der Waals surface area (Å²) in [6.45, 7) is 5.85. The number of hydrogen-bond donors (Lipinski definition) is 2. The standard InChI is InChI=1S/C24H20F4N4O/c1-13-6-15(4-5-18(13)16-8-19-21(25)12-30-22(19)29-10-16)7-14(2)32-17-9-20(24(26,27)28)23(33-3)31-11-17/h4-6,8-12,32H,2,7H2,1,3H3,(H,29,30). The molecule has 1 aromatic carbocycles. The van der Waals surface area contributed by atoms with Gasteiger partial charge in [-0.1, -0.05) is 24.8 Å². The summed E-state index contributed by atoms with van der Waals surface area (Å²) in [5.74, 6) is -0.852. The Morgan fingerprint density at radius 1 is 1.15 bits per heavy atom. The normalized spacial score (nSPS) is 11.6. The molecule has 0 aliphatic carbocycles. The van der Waals surface area contributed by atoms with Crippen molar-refractivity contribution in [2.45, 2.75) is 19.5 Å². The number of alkyl halides is 3. The minimum Gasteiger partial charge on any atom is -0.481 e. The van der Waals surface area contributed by atoms with Gasteiger partial charge in [0.15, 0.2) is 0 Å². The minimum atomic E-state index is -4.59. The zero-order valence-electron chi connectivity index (χ0n) is 17.8. The van der Waals surface area contributed by atoms with Gasteiger partial charge in [0.2, 0.25) is 5.88 Å². The summed E-state index contributed by atoms with van der Waals surface area (Å²) in [5.41, 5.74) is 3.72. The molecule has 4 rings (SSSR count). The number of aromatic amines is 1. The maximum atomic E-state index is 13.9. The summed E-state index contributed by atoms with van der Waals surface area (Å²) in [4.78, 5) is 10.8. The number of pyridine rings is 2. The maximum absolute atomic E-state index is 13.9. The van der Waals surface area contributed by atoms with Gasteiger partial charge in [-0.2, -0.15) is 13.2 Å². The molecule has 0 saturated carbocycles. The van der Waals surface area contributed by atoms with Gasteiger partial charge >= 0.3 is 6.18 Å². The summed E-state index contributed by atoms with van der Waals surface area (Å²) >= 11 is 0. The molecule has 5 nitrogen and oxygen atoms in total. The molecule has 0 bridgehead atoms. The Bertz CT molecular complexity index is 1340. The fourth-order valence-electron chi connectivity index (χ4n) is 3.66. The molecule has 33 heavy (non-hydrogen) atoms. The lowest BCUT2D eigenvalue weighted by Crippen LogP contribution is -2.10. The van der Waals surface area contributed by atoms with Crippen molar-refractivity contribution in [2.24, 2.45) is 0 Å². The minimum absolute atomic E-state index is 0.161. The van der Waals surface area contributed by atoms with Crippen LogP contribution in [0.5, 0.6) is 5.88 Å². The number of allylic oxidation sites excluding steroid dienone is 1. The van der Waals surface area contributed by atoms with E-state index in [1.807, 2.05) is 25.1 Å². The first-order valence-electron chi connectivity index (χ1n) is 9.94. The third-order valence-corrected chi connectivity index (χ3v) is 5.17. The van der Waals surface area contributed by atoms with E-state index in [1.54, 1.807) is 12.3 Å². The molecule has 0 atom stereocenters. The second-order valence-electron chi connectivity index (χ2n) is 7.59. The summed E-state index contributed by atoms with van der Waals surface area (Å²) in [6, 6.07) is 8.43. The first-order valence-corrected chi connectivity index (χ1v) is 9.94. The molecule has 9 heteroatoms. The van der Waals surface area contributed by atoms with Gasteiger partial charge in [0.25, 0.3) is 0 Å². The molecule has 0 radical (unpaired) electrons. The molecule has 0 saturated heterocycles. The molecule has 0 amide bonds. The zero-order chi connectivity index (χ0) is 23.8. The van der Waals surface area contributed by atoms with Crippen LogP contribution in [0.3, 0.4) is 0 Å². The molecule has 0 aliphatic rings. The molecule has 2 N–H and O–H groups in total. The van der Waals surface area contributed by atoms with E-state index in [1.165, 1.54) is 12.4 Å². The van der Waals surface area contributed by atoms with Gasteiger partial charge in [0.1, 0.15) is 17.0 Å². The van der Waals surface area contributed by atoms with Crippen molar-refractivity contribution in [2.75, 3.05) is 12.4 Å². The van der Waals surface area contributed by atoms with Gasteiger partial charge in [-0.25, -0.2) is 14.4 Å². The van der Waals surface area contributed by atoms with E-state index in [0.29, 0.717) is 23.2 Å².